The summed E-state index contributed by atoms with van der Waals surface area (Å²) < 4.78 is 12.6. The molecule has 0 aromatic heterocycles. The number of benzene rings is 1. The Kier molecular flexibility index (Phi) is 3.24. The molecule has 0 spiro atoms. The minimum atomic E-state index is -0.182. The first kappa shape index (κ1) is 9.97. The van der Waals surface area contributed by atoms with Crippen LogP contribution in [0.15, 0.2) is 36.4 Å². The van der Waals surface area contributed by atoms with Gasteiger partial charge in [0.05, 0.1) is 0 Å². The highest BCUT2D eigenvalue weighted by atomic mass is 19.1. The minimum absolute atomic E-state index is 0.182. The lowest BCUT2D eigenvalue weighted by molar-refractivity contribution is 0.627. The van der Waals surface area contributed by atoms with Crippen LogP contribution in [-0.2, 0) is 6.42 Å². The van der Waals surface area contributed by atoms with Gasteiger partial charge in [0.1, 0.15) is 5.82 Å². The van der Waals surface area contributed by atoms with Crippen molar-refractivity contribution < 1.29 is 4.39 Å². The molecule has 0 atom stereocenters. The SMILES string of the molecule is C=C(Cc1ccc(F)cc1)C(C)C. The summed E-state index contributed by atoms with van der Waals surface area (Å²) in [5, 5.41) is 0. The Labute approximate surface area is 79.1 Å². The van der Waals surface area contributed by atoms with E-state index in [1.807, 2.05) is 12.1 Å². The van der Waals surface area contributed by atoms with E-state index in [1.54, 1.807) is 0 Å². The molecule has 0 saturated carbocycles. The van der Waals surface area contributed by atoms with Gasteiger partial charge in [-0.25, -0.2) is 4.39 Å². The van der Waals surface area contributed by atoms with Gasteiger partial charge in [-0.05, 0) is 30.0 Å². The summed E-state index contributed by atoms with van der Waals surface area (Å²) >= 11 is 0. The average molecular weight is 178 g/mol. The molecule has 70 valence electrons. The van der Waals surface area contributed by atoms with Gasteiger partial charge in [-0.15, -0.1) is 0 Å². The summed E-state index contributed by atoms with van der Waals surface area (Å²) in [4.78, 5) is 0. The van der Waals surface area contributed by atoms with Crippen molar-refractivity contribution in [3.8, 4) is 0 Å². The summed E-state index contributed by atoms with van der Waals surface area (Å²) in [6, 6.07) is 6.59. The van der Waals surface area contributed by atoms with E-state index in [1.165, 1.54) is 17.7 Å². The molecule has 0 aliphatic carbocycles. The first-order valence-electron chi connectivity index (χ1n) is 4.51. The van der Waals surface area contributed by atoms with E-state index in [9.17, 15) is 4.39 Å². The first-order valence-corrected chi connectivity index (χ1v) is 4.51. The van der Waals surface area contributed by atoms with Crippen LogP contribution in [0.5, 0.6) is 0 Å². The Morgan fingerprint density at radius 2 is 1.85 bits per heavy atom. The zero-order valence-corrected chi connectivity index (χ0v) is 8.18. The number of rotatable bonds is 3. The Morgan fingerprint density at radius 3 is 2.31 bits per heavy atom. The summed E-state index contributed by atoms with van der Waals surface area (Å²) in [6.45, 7) is 8.21. The van der Waals surface area contributed by atoms with Crippen LogP contribution in [0.2, 0.25) is 0 Å². The molecule has 1 heteroatoms. The second-order valence-electron chi connectivity index (χ2n) is 3.62. The van der Waals surface area contributed by atoms with E-state index in [4.69, 9.17) is 0 Å². The second kappa shape index (κ2) is 4.22. The molecule has 0 bridgehead atoms. The van der Waals surface area contributed by atoms with Crippen molar-refractivity contribution in [3.05, 3.63) is 47.8 Å². The van der Waals surface area contributed by atoms with Gasteiger partial charge in [-0.3, -0.25) is 0 Å². The molecule has 0 aliphatic rings. The Bertz CT molecular complexity index is 282. The van der Waals surface area contributed by atoms with Crippen LogP contribution >= 0.6 is 0 Å². The number of hydrogen-bond acceptors (Lipinski definition) is 0. The minimum Gasteiger partial charge on any atom is -0.207 e. The van der Waals surface area contributed by atoms with E-state index in [2.05, 4.69) is 20.4 Å². The summed E-state index contributed by atoms with van der Waals surface area (Å²) in [6.07, 6.45) is 0.845. The molecule has 0 amide bonds. The van der Waals surface area contributed by atoms with Crippen molar-refractivity contribution in [3.63, 3.8) is 0 Å². The van der Waals surface area contributed by atoms with Crippen molar-refractivity contribution in [2.24, 2.45) is 5.92 Å². The van der Waals surface area contributed by atoms with Crippen LogP contribution in [0.4, 0.5) is 4.39 Å². The molecule has 0 unspecified atom stereocenters. The third-order valence-electron chi connectivity index (χ3n) is 2.16. The second-order valence-corrected chi connectivity index (χ2v) is 3.62. The lowest BCUT2D eigenvalue weighted by atomic mass is 9.97. The highest BCUT2D eigenvalue weighted by Gasteiger charge is 2.01. The zero-order chi connectivity index (χ0) is 9.84. The van der Waals surface area contributed by atoms with Crippen molar-refractivity contribution in [1.29, 1.82) is 0 Å². The monoisotopic (exact) mass is 178 g/mol. The van der Waals surface area contributed by atoms with Gasteiger partial charge in [0.25, 0.3) is 0 Å². The maximum Gasteiger partial charge on any atom is 0.123 e. The predicted octanol–water partition coefficient (Wildman–Crippen LogP) is 3.58. The maximum atomic E-state index is 12.6. The van der Waals surface area contributed by atoms with Gasteiger partial charge in [-0.2, -0.15) is 0 Å². The summed E-state index contributed by atoms with van der Waals surface area (Å²) in [5.41, 5.74) is 2.31. The highest BCUT2D eigenvalue weighted by molar-refractivity contribution is 5.21. The van der Waals surface area contributed by atoms with E-state index < -0.39 is 0 Å². The molecule has 0 N–H and O–H groups in total. The van der Waals surface area contributed by atoms with E-state index in [0.717, 1.165) is 12.0 Å². The molecular formula is C12H15F. The molecule has 0 saturated heterocycles. The first-order chi connectivity index (χ1) is 6.09. The quantitative estimate of drug-likeness (QED) is 0.620. The summed E-state index contributed by atoms with van der Waals surface area (Å²) in [7, 11) is 0. The lowest BCUT2D eigenvalue weighted by Crippen LogP contribution is -1.96. The van der Waals surface area contributed by atoms with Gasteiger partial charge >= 0.3 is 0 Å². The number of allylic oxidation sites excluding steroid dienone is 1. The fourth-order valence-corrected chi connectivity index (χ4v) is 1.07. The fourth-order valence-electron chi connectivity index (χ4n) is 1.07. The van der Waals surface area contributed by atoms with Crippen molar-refractivity contribution >= 4 is 0 Å². The molecule has 1 aromatic rings. The van der Waals surface area contributed by atoms with Crippen LogP contribution in [0, 0.1) is 11.7 Å². The third-order valence-corrected chi connectivity index (χ3v) is 2.16. The molecule has 0 aliphatic heterocycles. The van der Waals surface area contributed by atoms with Gasteiger partial charge in [-0.1, -0.05) is 38.1 Å². The van der Waals surface area contributed by atoms with Gasteiger partial charge in [0.15, 0.2) is 0 Å². The van der Waals surface area contributed by atoms with Gasteiger partial charge in [0.2, 0.25) is 0 Å². The van der Waals surface area contributed by atoms with Crippen LogP contribution < -0.4 is 0 Å². The predicted molar refractivity (Wildman–Crippen MR) is 54.1 cm³/mol. The number of halogens is 1. The molecule has 0 nitrogen and oxygen atoms in total. The van der Waals surface area contributed by atoms with Crippen LogP contribution in [0.25, 0.3) is 0 Å². The molecule has 1 aromatic carbocycles. The summed E-state index contributed by atoms with van der Waals surface area (Å²) in [5.74, 6) is 0.309. The van der Waals surface area contributed by atoms with Gasteiger partial charge < -0.3 is 0 Å². The fraction of sp³-hybridized carbons (Fsp3) is 0.333. The van der Waals surface area contributed by atoms with Crippen molar-refractivity contribution in [2.75, 3.05) is 0 Å². The number of hydrogen-bond donors (Lipinski definition) is 0. The van der Waals surface area contributed by atoms with Gasteiger partial charge in [0, 0.05) is 0 Å². The van der Waals surface area contributed by atoms with Crippen molar-refractivity contribution in [1.82, 2.24) is 0 Å². The Balaban J connectivity index is 2.65. The van der Waals surface area contributed by atoms with E-state index >= 15 is 0 Å². The molecular weight excluding hydrogens is 163 g/mol. The van der Waals surface area contributed by atoms with Crippen LogP contribution in [-0.4, -0.2) is 0 Å². The average Bonchev–Trinajstić information content (AvgIpc) is 2.08. The molecule has 0 fully saturated rings. The Hall–Kier alpha value is -1.11. The maximum absolute atomic E-state index is 12.6. The topological polar surface area (TPSA) is 0 Å². The lowest BCUT2D eigenvalue weighted by Gasteiger charge is -2.08. The van der Waals surface area contributed by atoms with Crippen LogP contribution in [0.3, 0.4) is 0 Å². The third kappa shape index (κ3) is 3.02. The smallest absolute Gasteiger partial charge is 0.123 e. The largest absolute Gasteiger partial charge is 0.207 e. The molecule has 0 radical (unpaired) electrons. The van der Waals surface area contributed by atoms with Crippen LogP contribution in [0.1, 0.15) is 19.4 Å². The van der Waals surface area contributed by atoms with E-state index in [0.29, 0.717) is 5.92 Å². The normalized spacial score (nSPS) is 10.5. The standard InChI is InChI=1S/C12H15F/c1-9(2)10(3)8-11-4-6-12(13)7-5-11/h4-7,9H,3,8H2,1-2H3. The molecule has 13 heavy (non-hydrogen) atoms. The van der Waals surface area contributed by atoms with E-state index in [-0.39, 0.29) is 5.82 Å². The van der Waals surface area contributed by atoms with Crippen molar-refractivity contribution in [2.45, 2.75) is 20.3 Å². The highest BCUT2D eigenvalue weighted by Crippen LogP contribution is 2.14. The molecule has 0 heterocycles. The Morgan fingerprint density at radius 1 is 1.31 bits per heavy atom. The molecule has 1 rings (SSSR count). The zero-order valence-electron chi connectivity index (χ0n) is 8.18.